The molecular formula is C13H17NO6. The van der Waals surface area contributed by atoms with E-state index in [4.69, 9.17) is 19.3 Å². The first-order chi connectivity index (χ1) is 9.58. The van der Waals surface area contributed by atoms with Gasteiger partial charge in [-0.25, -0.2) is 0 Å². The van der Waals surface area contributed by atoms with Crippen LogP contribution in [0.5, 0.6) is 17.2 Å². The van der Waals surface area contributed by atoms with Gasteiger partial charge in [0.05, 0.1) is 33.8 Å². The van der Waals surface area contributed by atoms with Gasteiger partial charge in [-0.1, -0.05) is 0 Å². The van der Waals surface area contributed by atoms with Crippen LogP contribution in [0.25, 0.3) is 0 Å². The van der Waals surface area contributed by atoms with Gasteiger partial charge in [0.2, 0.25) is 12.2 Å². The second kappa shape index (κ2) is 7.22. The molecule has 7 heteroatoms. The van der Waals surface area contributed by atoms with Crippen molar-refractivity contribution >= 4 is 12.4 Å². The van der Waals surface area contributed by atoms with E-state index in [1.165, 1.54) is 21.3 Å². The maximum absolute atomic E-state index is 10.9. The first-order valence-corrected chi connectivity index (χ1v) is 5.79. The van der Waals surface area contributed by atoms with Crippen molar-refractivity contribution in [1.29, 1.82) is 0 Å². The number of amides is 1. The molecule has 0 spiro atoms. The predicted molar refractivity (Wildman–Crippen MR) is 70.3 cm³/mol. The van der Waals surface area contributed by atoms with Crippen LogP contribution in [0.4, 0.5) is 0 Å². The highest BCUT2D eigenvalue weighted by atomic mass is 16.5. The summed E-state index contributed by atoms with van der Waals surface area (Å²) in [5.41, 5.74) is 0.500. The Morgan fingerprint density at radius 2 is 1.90 bits per heavy atom. The first kappa shape index (κ1) is 15.6. The molecule has 0 heterocycles. The van der Waals surface area contributed by atoms with Crippen molar-refractivity contribution in [2.24, 2.45) is 0 Å². The minimum atomic E-state index is -1.04. The average Bonchev–Trinajstić information content (AvgIpc) is 2.44. The molecule has 20 heavy (non-hydrogen) atoms. The summed E-state index contributed by atoms with van der Waals surface area (Å²) in [6, 6.07) is 2.53. The van der Waals surface area contributed by atoms with E-state index in [-0.39, 0.29) is 6.42 Å². The number of benzene rings is 1. The summed E-state index contributed by atoms with van der Waals surface area (Å²) in [5.74, 6) is 0.0810. The number of carbonyl (C=O) groups excluding carboxylic acids is 1. The molecule has 0 fully saturated rings. The molecule has 0 aliphatic carbocycles. The SMILES string of the molecule is COc1ccc(C(CC(=O)O)NC=O)c(OC)c1OC. The highest BCUT2D eigenvalue weighted by Crippen LogP contribution is 2.42. The molecule has 0 radical (unpaired) electrons. The van der Waals surface area contributed by atoms with Gasteiger partial charge in [0, 0.05) is 5.56 Å². The van der Waals surface area contributed by atoms with Gasteiger partial charge in [0.1, 0.15) is 0 Å². The highest BCUT2D eigenvalue weighted by molar-refractivity contribution is 5.70. The molecule has 110 valence electrons. The van der Waals surface area contributed by atoms with Crippen LogP contribution in [0.3, 0.4) is 0 Å². The molecule has 0 aromatic heterocycles. The molecule has 0 aliphatic rings. The van der Waals surface area contributed by atoms with E-state index in [1.54, 1.807) is 12.1 Å². The average molecular weight is 283 g/mol. The third kappa shape index (κ3) is 3.31. The largest absolute Gasteiger partial charge is 0.493 e. The van der Waals surface area contributed by atoms with Crippen LogP contribution in [-0.2, 0) is 9.59 Å². The lowest BCUT2D eigenvalue weighted by atomic mass is 10.0. The van der Waals surface area contributed by atoms with Gasteiger partial charge in [0.25, 0.3) is 0 Å². The van der Waals surface area contributed by atoms with E-state index in [0.717, 1.165) is 0 Å². The van der Waals surface area contributed by atoms with E-state index in [1.807, 2.05) is 0 Å². The number of carboxylic acid groups (broad SMARTS) is 1. The number of aliphatic carboxylic acids is 1. The third-order valence-electron chi connectivity index (χ3n) is 2.76. The van der Waals surface area contributed by atoms with Gasteiger partial charge in [0.15, 0.2) is 11.5 Å². The normalized spacial score (nSPS) is 11.3. The molecule has 7 nitrogen and oxygen atoms in total. The fraction of sp³-hybridized carbons (Fsp3) is 0.385. The first-order valence-electron chi connectivity index (χ1n) is 5.79. The quantitative estimate of drug-likeness (QED) is 0.690. The van der Waals surface area contributed by atoms with Gasteiger partial charge in [-0.05, 0) is 12.1 Å². The summed E-state index contributed by atoms with van der Waals surface area (Å²) in [6.07, 6.45) is 0.175. The number of nitrogens with one attached hydrogen (secondary N) is 1. The Morgan fingerprint density at radius 3 is 2.35 bits per heavy atom. The maximum Gasteiger partial charge on any atom is 0.305 e. The topological polar surface area (TPSA) is 94.1 Å². The maximum atomic E-state index is 10.9. The lowest BCUT2D eigenvalue weighted by Gasteiger charge is -2.20. The summed E-state index contributed by atoms with van der Waals surface area (Å²) in [6.45, 7) is 0. The Hall–Kier alpha value is -2.44. The molecule has 1 aromatic carbocycles. The molecule has 1 amide bonds. The van der Waals surface area contributed by atoms with Crippen molar-refractivity contribution in [2.75, 3.05) is 21.3 Å². The molecule has 2 N–H and O–H groups in total. The minimum Gasteiger partial charge on any atom is -0.493 e. The smallest absolute Gasteiger partial charge is 0.305 e. The minimum absolute atomic E-state index is 0.273. The van der Waals surface area contributed by atoms with Gasteiger partial charge < -0.3 is 24.6 Å². The van der Waals surface area contributed by atoms with E-state index < -0.39 is 12.0 Å². The van der Waals surface area contributed by atoms with E-state index in [9.17, 15) is 9.59 Å². The van der Waals surface area contributed by atoms with Crippen molar-refractivity contribution in [3.05, 3.63) is 17.7 Å². The lowest BCUT2D eigenvalue weighted by Crippen LogP contribution is -2.23. The number of ether oxygens (including phenoxy) is 3. The van der Waals surface area contributed by atoms with Crippen LogP contribution in [0.1, 0.15) is 18.0 Å². The fourth-order valence-electron chi connectivity index (χ4n) is 1.91. The number of carbonyl (C=O) groups is 2. The van der Waals surface area contributed by atoms with E-state index in [0.29, 0.717) is 29.2 Å². The molecule has 0 saturated heterocycles. The summed E-state index contributed by atoms with van der Waals surface area (Å²) < 4.78 is 15.6. The standard InChI is InChI=1S/C13H17NO6/c1-18-10-5-4-8(12(19-2)13(10)20-3)9(14-7-15)6-11(16)17/h4-5,7,9H,6H2,1-3H3,(H,14,15)(H,16,17). The number of hydrogen-bond donors (Lipinski definition) is 2. The zero-order valence-corrected chi connectivity index (χ0v) is 11.5. The predicted octanol–water partition coefficient (Wildman–Crippen LogP) is 0.974. The summed E-state index contributed by atoms with van der Waals surface area (Å²) in [4.78, 5) is 21.5. The van der Waals surface area contributed by atoms with Gasteiger partial charge in [-0.3, -0.25) is 9.59 Å². The number of carboxylic acids is 1. The monoisotopic (exact) mass is 283 g/mol. The van der Waals surface area contributed by atoms with Crippen molar-refractivity contribution in [3.63, 3.8) is 0 Å². The molecule has 1 aromatic rings. The van der Waals surface area contributed by atoms with Gasteiger partial charge in [-0.15, -0.1) is 0 Å². The molecule has 1 rings (SSSR count). The zero-order chi connectivity index (χ0) is 15.1. The van der Waals surface area contributed by atoms with Crippen molar-refractivity contribution < 1.29 is 28.9 Å². The fourth-order valence-corrected chi connectivity index (χ4v) is 1.91. The molecule has 0 bridgehead atoms. The molecule has 0 aliphatic heterocycles. The van der Waals surface area contributed by atoms with Crippen molar-refractivity contribution in [3.8, 4) is 17.2 Å². The van der Waals surface area contributed by atoms with E-state index >= 15 is 0 Å². The van der Waals surface area contributed by atoms with Gasteiger partial charge >= 0.3 is 5.97 Å². The van der Waals surface area contributed by atoms with Crippen LogP contribution < -0.4 is 19.5 Å². The highest BCUT2D eigenvalue weighted by Gasteiger charge is 2.23. The Labute approximate surface area is 116 Å². The third-order valence-corrected chi connectivity index (χ3v) is 2.76. The Balaban J connectivity index is 3.33. The van der Waals surface area contributed by atoms with Gasteiger partial charge in [-0.2, -0.15) is 0 Å². The number of hydrogen-bond acceptors (Lipinski definition) is 5. The molecule has 1 unspecified atom stereocenters. The lowest BCUT2D eigenvalue weighted by molar-refractivity contribution is -0.137. The van der Waals surface area contributed by atoms with Crippen molar-refractivity contribution in [1.82, 2.24) is 5.32 Å². The molecule has 0 saturated carbocycles. The zero-order valence-electron chi connectivity index (χ0n) is 11.5. The van der Waals surface area contributed by atoms with Crippen molar-refractivity contribution in [2.45, 2.75) is 12.5 Å². The van der Waals surface area contributed by atoms with Crippen LogP contribution in [-0.4, -0.2) is 38.8 Å². The number of rotatable bonds is 8. The Bertz CT molecular complexity index is 488. The van der Waals surface area contributed by atoms with Crippen LogP contribution >= 0.6 is 0 Å². The summed E-state index contributed by atoms with van der Waals surface area (Å²) in [5, 5.41) is 11.4. The Kier molecular flexibility index (Phi) is 5.64. The molecule has 1 atom stereocenters. The van der Waals surface area contributed by atoms with E-state index in [2.05, 4.69) is 5.32 Å². The second-order valence-corrected chi connectivity index (χ2v) is 3.86. The summed E-state index contributed by atoms with van der Waals surface area (Å²) in [7, 11) is 4.36. The Morgan fingerprint density at radius 1 is 1.25 bits per heavy atom. The second-order valence-electron chi connectivity index (χ2n) is 3.86. The summed E-state index contributed by atoms with van der Waals surface area (Å²) >= 11 is 0. The number of methoxy groups -OCH3 is 3. The van der Waals surface area contributed by atoms with Crippen LogP contribution in [0.15, 0.2) is 12.1 Å². The van der Waals surface area contributed by atoms with Crippen LogP contribution in [0.2, 0.25) is 0 Å². The van der Waals surface area contributed by atoms with Crippen LogP contribution in [0, 0.1) is 0 Å². The molecular weight excluding hydrogens is 266 g/mol.